The third kappa shape index (κ3) is 4.81. The molecule has 146 valence electrons. The summed E-state index contributed by atoms with van der Waals surface area (Å²) < 4.78 is 12.4. The van der Waals surface area contributed by atoms with Crippen molar-refractivity contribution < 1.29 is 9.47 Å². The van der Waals surface area contributed by atoms with Gasteiger partial charge < -0.3 is 14.8 Å². The van der Waals surface area contributed by atoms with Crippen molar-refractivity contribution >= 4 is 33.2 Å². The van der Waals surface area contributed by atoms with E-state index in [1.807, 2.05) is 36.4 Å². The normalized spacial score (nSPS) is 10.6. The number of nitrogens with one attached hydrogen (secondary N) is 1. The summed E-state index contributed by atoms with van der Waals surface area (Å²) in [5.41, 5.74) is 5.68. The highest BCUT2D eigenvalue weighted by molar-refractivity contribution is 9.10. The number of anilines is 1. The number of benzene rings is 3. The number of rotatable bonds is 7. The maximum Gasteiger partial charge on any atom is 0.175 e. The number of halogens is 2. The van der Waals surface area contributed by atoms with Crippen molar-refractivity contribution in [1.29, 1.82) is 0 Å². The molecule has 0 spiro atoms. The fourth-order valence-corrected chi connectivity index (χ4v) is 3.71. The molecule has 0 heterocycles. The van der Waals surface area contributed by atoms with E-state index in [-0.39, 0.29) is 0 Å². The molecule has 0 aliphatic heterocycles. The van der Waals surface area contributed by atoms with Gasteiger partial charge in [0.15, 0.2) is 11.5 Å². The number of hydrogen-bond acceptors (Lipinski definition) is 3. The van der Waals surface area contributed by atoms with E-state index in [0.717, 1.165) is 21.3 Å². The summed E-state index contributed by atoms with van der Waals surface area (Å²) in [6.07, 6.45) is 0. The average Bonchev–Trinajstić information content (AvgIpc) is 2.69. The highest BCUT2D eigenvalue weighted by Crippen LogP contribution is 2.37. The van der Waals surface area contributed by atoms with Crippen LogP contribution >= 0.6 is 27.5 Å². The Morgan fingerprint density at radius 1 is 1.04 bits per heavy atom. The molecular formula is C23H23BrClNO2. The SMILES string of the molecule is COc1cc(CNc2cccc(C)c2C)cc(Br)c1OCc1ccccc1Cl. The second-order valence-electron chi connectivity index (χ2n) is 6.59. The van der Waals surface area contributed by atoms with Crippen LogP contribution in [-0.4, -0.2) is 7.11 Å². The molecule has 0 amide bonds. The standard InChI is InChI=1S/C23H23BrClNO2/c1-15-7-6-10-21(16(15)2)26-13-17-11-19(24)23(22(12-17)27-3)28-14-18-8-4-5-9-20(18)25/h4-12,26H,13-14H2,1-3H3. The second-order valence-corrected chi connectivity index (χ2v) is 7.85. The molecule has 3 rings (SSSR count). The van der Waals surface area contributed by atoms with E-state index in [1.165, 1.54) is 11.1 Å². The van der Waals surface area contributed by atoms with Gasteiger partial charge in [0.05, 0.1) is 11.6 Å². The van der Waals surface area contributed by atoms with E-state index in [9.17, 15) is 0 Å². The van der Waals surface area contributed by atoms with Crippen LogP contribution in [0.3, 0.4) is 0 Å². The molecule has 0 fully saturated rings. The summed E-state index contributed by atoms with van der Waals surface area (Å²) in [5, 5.41) is 4.19. The van der Waals surface area contributed by atoms with Crippen LogP contribution in [0.15, 0.2) is 59.1 Å². The summed E-state index contributed by atoms with van der Waals surface area (Å²) >= 11 is 9.84. The molecule has 0 saturated carbocycles. The zero-order valence-electron chi connectivity index (χ0n) is 16.2. The first-order valence-electron chi connectivity index (χ1n) is 9.02. The molecule has 0 atom stereocenters. The van der Waals surface area contributed by atoms with Gasteiger partial charge in [0.1, 0.15) is 6.61 Å². The first kappa shape index (κ1) is 20.6. The molecule has 1 N–H and O–H groups in total. The quantitative estimate of drug-likeness (QED) is 0.415. The number of methoxy groups -OCH3 is 1. The van der Waals surface area contributed by atoms with E-state index >= 15 is 0 Å². The van der Waals surface area contributed by atoms with Crippen LogP contribution in [0.1, 0.15) is 22.3 Å². The van der Waals surface area contributed by atoms with E-state index in [1.54, 1.807) is 7.11 Å². The van der Waals surface area contributed by atoms with Crippen molar-refractivity contribution in [3.8, 4) is 11.5 Å². The highest BCUT2D eigenvalue weighted by atomic mass is 79.9. The lowest BCUT2D eigenvalue weighted by molar-refractivity contribution is 0.282. The molecule has 0 radical (unpaired) electrons. The molecule has 5 heteroatoms. The maximum atomic E-state index is 6.22. The molecule has 28 heavy (non-hydrogen) atoms. The minimum absolute atomic E-state index is 0.370. The predicted octanol–water partition coefficient (Wildman–Crippen LogP) is 6.92. The lowest BCUT2D eigenvalue weighted by Gasteiger charge is -2.16. The van der Waals surface area contributed by atoms with Crippen molar-refractivity contribution in [2.45, 2.75) is 27.0 Å². The van der Waals surface area contributed by atoms with Gasteiger partial charge in [-0.3, -0.25) is 0 Å². The summed E-state index contributed by atoms with van der Waals surface area (Å²) in [6.45, 7) is 5.30. The van der Waals surface area contributed by atoms with Gasteiger partial charge in [0.2, 0.25) is 0 Å². The largest absolute Gasteiger partial charge is 0.493 e. The number of hydrogen-bond donors (Lipinski definition) is 1. The lowest BCUT2D eigenvalue weighted by Crippen LogP contribution is -2.04. The van der Waals surface area contributed by atoms with Crippen molar-refractivity contribution in [3.63, 3.8) is 0 Å². The topological polar surface area (TPSA) is 30.5 Å². The van der Waals surface area contributed by atoms with Gasteiger partial charge in [-0.15, -0.1) is 0 Å². The van der Waals surface area contributed by atoms with Crippen LogP contribution < -0.4 is 14.8 Å². The van der Waals surface area contributed by atoms with E-state index in [2.05, 4.69) is 53.3 Å². The van der Waals surface area contributed by atoms with Crippen molar-refractivity contribution in [2.75, 3.05) is 12.4 Å². The average molecular weight is 461 g/mol. The molecule has 3 aromatic rings. The van der Waals surface area contributed by atoms with Crippen LogP contribution in [0.5, 0.6) is 11.5 Å². The fourth-order valence-electron chi connectivity index (χ4n) is 2.92. The Morgan fingerprint density at radius 2 is 1.82 bits per heavy atom. The van der Waals surface area contributed by atoms with Gasteiger partial charge in [0, 0.05) is 22.8 Å². The Hall–Kier alpha value is -2.17. The minimum Gasteiger partial charge on any atom is -0.493 e. The van der Waals surface area contributed by atoms with Crippen LogP contribution in [0, 0.1) is 13.8 Å². The van der Waals surface area contributed by atoms with Gasteiger partial charge >= 0.3 is 0 Å². The molecule has 0 bridgehead atoms. The van der Waals surface area contributed by atoms with Crippen LogP contribution in [0.25, 0.3) is 0 Å². The molecule has 3 aromatic carbocycles. The smallest absolute Gasteiger partial charge is 0.175 e. The summed E-state index contributed by atoms with van der Waals surface area (Å²) in [5.74, 6) is 1.34. The lowest BCUT2D eigenvalue weighted by atomic mass is 10.1. The fraction of sp³-hybridized carbons (Fsp3) is 0.217. The van der Waals surface area contributed by atoms with Gasteiger partial charge in [-0.1, -0.05) is 41.9 Å². The van der Waals surface area contributed by atoms with Gasteiger partial charge in [0.25, 0.3) is 0 Å². The van der Waals surface area contributed by atoms with Crippen molar-refractivity contribution in [3.05, 3.63) is 86.3 Å². The second kappa shape index (κ2) is 9.35. The minimum atomic E-state index is 0.370. The van der Waals surface area contributed by atoms with E-state index in [4.69, 9.17) is 21.1 Å². The molecule has 0 aromatic heterocycles. The van der Waals surface area contributed by atoms with Crippen LogP contribution in [0.4, 0.5) is 5.69 Å². The Morgan fingerprint density at radius 3 is 2.57 bits per heavy atom. The highest BCUT2D eigenvalue weighted by Gasteiger charge is 2.13. The zero-order valence-corrected chi connectivity index (χ0v) is 18.5. The Labute approximate surface area is 179 Å². The Balaban J connectivity index is 1.75. The van der Waals surface area contributed by atoms with Crippen LogP contribution in [-0.2, 0) is 13.2 Å². The number of aryl methyl sites for hydroxylation is 1. The first-order valence-corrected chi connectivity index (χ1v) is 10.2. The molecule has 0 saturated heterocycles. The Kier molecular flexibility index (Phi) is 6.87. The van der Waals surface area contributed by atoms with Gasteiger partial charge in [-0.25, -0.2) is 0 Å². The maximum absolute atomic E-state index is 6.22. The van der Waals surface area contributed by atoms with Gasteiger partial charge in [-0.2, -0.15) is 0 Å². The first-order chi connectivity index (χ1) is 13.5. The third-order valence-corrected chi connectivity index (χ3v) is 5.66. The molecule has 0 aliphatic rings. The molecule has 3 nitrogen and oxygen atoms in total. The molecular weight excluding hydrogens is 438 g/mol. The van der Waals surface area contributed by atoms with Crippen molar-refractivity contribution in [2.24, 2.45) is 0 Å². The molecule has 0 unspecified atom stereocenters. The van der Waals surface area contributed by atoms with E-state index < -0.39 is 0 Å². The zero-order chi connectivity index (χ0) is 20.1. The van der Waals surface area contributed by atoms with E-state index in [0.29, 0.717) is 29.7 Å². The monoisotopic (exact) mass is 459 g/mol. The summed E-state index contributed by atoms with van der Waals surface area (Å²) in [6, 6.07) is 18.0. The van der Waals surface area contributed by atoms with Crippen molar-refractivity contribution in [1.82, 2.24) is 0 Å². The molecule has 0 aliphatic carbocycles. The van der Waals surface area contributed by atoms with Gasteiger partial charge in [-0.05, 0) is 70.7 Å². The third-order valence-electron chi connectivity index (χ3n) is 4.71. The Bertz CT molecular complexity index is 975. The predicted molar refractivity (Wildman–Crippen MR) is 120 cm³/mol. The summed E-state index contributed by atoms with van der Waals surface area (Å²) in [7, 11) is 1.64. The number of ether oxygens (including phenoxy) is 2. The van der Waals surface area contributed by atoms with Crippen LogP contribution in [0.2, 0.25) is 5.02 Å². The summed E-state index contributed by atoms with van der Waals surface area (Å²) in [4.78, 5) is 0.